The number of hydrogen-bond acceptors (Lipinski definition) is 8. The van der Waals surface area contributed by atoms with Crippen LogP contribution in [0.4, 0.5) is 32.2 Å². The number of anilines is 1. The first kappa shape index (κ1) is 40.1. The van der Waals surface area contributed by atoms with E-state index in [1.165, 1.54) is 36.9 Å². The maximum atomic E-state index is 15.4. The summed E-state index contributed by atoms with van der Waals surface area (Å²) in [5, 5.41) is 30.9. The topological polar surface area (TPSA) is 164 Å². The van der Waals surface area contributed by atoms with Crippen LogP contribution in [0.2, 0.25) is 5.02 Å². The number of aromatic nitrogens is 5. The van der Waals surface area contributed by atoms with Crippen molar-refractivity contribution in [3.05, 3.63) is 93.0 Å². The van der Waals surface area contributed by atoms with Crippen molar-refractivity contribution in [2.45, 2.75) is 56.2 Å². The minimum atomic E-state index is -3.85. The average Bonchev–Trinajstić information content (AvgIpc) is 3.65. The second-order valence-corrected chi connectivity index (χ2v) is 16.4. The molecule has 0 bridgehead atoms. The summed E-state index contributed by atoms with van der Waals surface area (Å²) in [7, 11) is -2.34. The molecule has 57 heavy (non-hydrogen) atoms. The number of carbonyl (C=O) groups is 1. The number of alkyl halides is 4. The van der Waals surface area contributed by atoms with Crippen LogP contribution in [-0.4, -0.2) is 67.5 Å². The standard InChI is InChI=1S/C37H32ClF6N7O5S/c1-36(54,16-52)9-8-20-4-5-21(22-6-7-25(38)29-32(22)50(2)48-35(29)49-57(3,55)56)30(45-20)26(12-17-10-18(39)13-19(40)11-17)46-27(53)15-51-33-28(31(47-51)34(41)42)23-14-24(23)37(33,43)44/h4-7,10-11,13,23-24,26,34,52,54H,12,14-16H2,1-3H3,(H,46,53)(H,48,49)/t23-,24?,26-,36?/m0/s1. The van der Waals surface area contributed by atoms with Crippen LogP contribution < -0.4 is 10.0 Å². The third-order valence-electron chi connectivity index (χ3n) is 9.69. The zero-order valence-electron chi connectivity index (χ0n) is 30.1. The number of aliphatic hydroxyl groups excluding tert-OH is 1. The second-order valence-electron chi connectivity index (χ2n) is 14.3. The first-order chi connectivity index (χ1) is 26.7. The molecule has 2 aliphatic carbocycles. The van der Waals surface area contributed by atoms with E-state index in [9.17, 15) is 41.0 Å². The molecule has 2 unspecified atom stereocenters. The van der Waals surface area contributed by atoms with Gasteiger partial charge in [-0.05, 0) is 67.5 Å². The minimum Gasteiger partial charge on any atom is -0.392 e. The molecule has 0 aliphatic heterocycles. The fourth-order valence-corrected chi connectivity index (χ4v) is 7.99. The molecule has 4 atom stereocenters. The summed E-state index contributed by atoms with van der Waals surface area (Å²) in [4.78, 5) is 18.6. The monoisotopic (exact) mass is 835 g/mol. The van der Waals surface area contributed by atoms with Crippen molar-refractivity contribution < 1.29 is 49.8 Å². The highest BCUT2D eigenvalue weighted by Gasteiger charge is 2.67. The molecular weight excluding hydrogens is 804 g/mol. The lowest BCUT2D eigenvalue weighted by Crippen LogP contribution is -2.35. The molecule has 0 saturated heterocycles. The lowest BCUT2D eigenvalue weighted by Gasteiger charge is -2.23. The fraction of sp³-hybridized carbons (Fsp3) is 0.351. The number of carbonyl (C=O) groups excluding carboxylic acids is 1. The smallest absolute Gasteiger partial charge is 0.293 e. The van der Waals surface area contributed by atoms with Gasteiger partial charge in [-0.2, -0.15) is 19.0 Å². The molecule has 7 rings (SSSR count). The zero-order chi connectivity index (χ0) is 41.4. The summed E-state index contributed by atoms with van der Waals surface area (Å²) in [6.45, 7) is -0.448. The summed E-state index contributed by atoms with van der Waals surface area (Å²) in [5.41, 5.74) is -2.99. The summed E-state index contributed by atoms with van der Waals surface area (Å²) >= 11 is 6.56. The lowest BCUT2D eigenvalue weighted by molar-refractivity contribution is -0.123. The maximum Gasteiger partial charge on any atom is 0.293 e. The summed E-state index contributed by atoms with van der Waals surface area (Å²) in [6, 6.07) is 7.19. The van der Waals surface area contributed by atoms with Gasteiger partial charge in [0.2, 0.25) is 15.9 Å². The number of benzene rings is 2. The molecule has 0 spiro atoms. The molecule has 5 aromatic rings. The third kappa shape index (κ3) is 7.78. The van der Waals surface area contributed by atoms with Gasteiger partial charge in [0.25, 0.3) is 12.3 Å². The molecule has 12 nitrogen and oxygen atoms in total. The molecule has 3 aromatic heterocycles. The van der Waals surface area contributed by atoms with Crippen molar-refractivity contribution >= 4 is 44.3 Å². The molecule has 3 heterocycles. The molecule has 1 amide bonds. The van der Waals surface area contributed by atoms with Crippen LogP contribution in [0.15, 0.2) is 42.5 Å². The van der Waals surface area contributed by atoms with Crippen molar-refractivity contribution in [3.8, 4) is 23.0 Å². The van der Waals surface area contributed by atoms with Crippen LogP contribution in [0, 0.1) is 29.4 Å². The largest absolute Gasteiger partial charge is 0.392 e. The summed E-state index contributed by atoms with van der Waals surface area (Å²) in [6.07, 6.45) is -2.65. The SMILES string of the molecule is Cn1nc(NS(C)(=O)=O)c2c(Cl)ccc(-c3ccc(C#CC(C)(O)CO)nc3[C@H](Cc3cc(F)cc(F)c3)NC(=O)Cn3nc(C(F)F)c4c3C(F)(F)C3C[C@H]43)c21. The van der Waals surface area contributed by atoms with E-state index in [4.69, 9.17) is 11.6 Å². The second kappa shape index (κ2) is 14.3. The maximum absolute atomic E-state index is 15.4. The van der Waals surface area contributed by atoms with Gasteiger partial charge in [0.15, 0.2) is 5.82 Å². The van der Waals surface area contributed by atoms with Crippen LogP contribution >= 0.6 is 11.6 Å². The number of aliphatic hydroxyl groups is 2. The van der Waals surface area contributed by atoms with E-state index < -0.39 is 87.9 Å². The van der Waals surface area contributed by atoms with Gasteiger partial charge in [-0.25, -0.2) is 31.0 Å². The predicted octanol–water partition coefficient (Wildman–Crippen LogP) is 5.48. The molecule has 0 radical (unpaired) electrons. The van der Waals surface area contributed by atoms with Crippen LogP contribution in [0.3, 0.4) is 0 Å². The Morgan fingerprint density at radius 1 is 1.11 bits per heavy atom. The molecule has 2 aromatic carbocycles. The van der Waals surface area contributed by atoms with Crippen molar-refractivity contribution in [1.82, 2.24) is 29.9 Å². The van der Waals surface area contributed by atoms with E-state index in [2.05, 4.69) is 37.1 Å². The minimum absolute atomic E-state index is 0.00569. The highest BCUT2D eigenvalue weighted by atomic mass is 35.5. The predicted molar refractivity (Wildman–Crippen MR) is 195 cm³/mol. The van der Waals surface area contributed by atoms with Crippen molar-refractivity contribution in [1.29, 1.82) is 0 Å². The number of nitrogens with zero attached hydrogens (tertiary/aromatic N) is 5. The normalized spacial score (nSPS) is 18.4. The highest BCUT2D eigenvalue weighted by molar-refractivity contribution is 7.92. The molecule has 1 fully saturated rings. The van der Waals surface area contributed by atoms with E-state index in [-0.39, 0.29) is 62.7 Å². The Hall–Kier alpha value is -5.16. The van der Waals surface area contributed by atoms with Gasteiger partial charge in [0, 0.05) is 35.7 Å². The van der Waals surface area contributed by atoms with Gasteiger partial charge in [0.1, 0.15) is 40.9 Å². The van der Waals surface area contributed by atoms with Gasteiger partial charge >= 0.3 is 0 Å². The Morgan fingerprint density at radius 2 is 1.79 bits per heavy atom. The van der Waals surface area contributed by atoms with Gasteiger partial charge in [-0.1, -0.05) is 23.6 Å². The van der Waals surface area contributed by atoms with Gasteiger partial charge < -0.3 is 15.5 Å². The molecule has 300 valence electrons. The number of hydrogen-bond donors (Lipinski definition) is 4. The number of pyridine rings is 1. The van der Waals surface area contributed by atoms with Crippen molar-refractivity contribution in [2.24, 2.45) is 13.0 Å². The fourth-order valence-electron chi connectivity index (χ4n) is 7.25. The highest BCUT2D eigenvalue weighted by Crippen LogP contribution is 2.68. The Bertz CT molecular complexity index is 2620. The number of amides is 1. The van der Waals surface area contributed by atoms with Crippen molar-refractivity contribution in [2.75, 3.05) is 17.6 Å². The van der Waals surface area contributed by atoms with Gasteiger partial charge in [-0.15, -0.1) is 0 Å². The average molecular weight is 836 g/mol. The Kier molecular flexibility index (Phi) is 10.1. The van der Waals surface area contributed by atoms with Crippen LogP contribution in [0.1, 0.15) is 65.6 Å². The quantitative estimate of drug-likeness (QED) is 0.101. The number of fused-ring (bicyclic) bond motifs is 4. The Labute approximate surface area is 325 Å². The molecule has 1 saturated carbocycles. The van der Waals surface area contributed by atoms with E-state index in [0.29, 0.717) is 16.3 Å². The van der Waals surface area contributed by atoms with Crippen LogP contribution in [0.25, 0.3) is 22.0 Å². The van der Waals surface area contributed by atoms with E-state index >= 15 is 8.78 Å². The summed E-state index contributed by atoms with van der Waals surface area (Å²) in [5.74, 6) is -3.44. The van der Waals surface area contributed by atoms with E-state index in [1.807, 2.05) is 0 Å². The van der Waals surface area contributed by atoms with Crippen molar-refractivity contribution in [3.63, 3.8) is 0 Å². The van der Waals surface area contributed by atoms with Gasteiger partial charge in [-0.3, -0.25) is 18.9 Å². The molecule has 20 heteroatoms. The van der Waals surface area contributed by atoms with E-state index in [1.54, 1.807) is 6.07 Å². The Balaban J connectivity index is 1.39. The summed E-state index contributed by atoms with van der Waals surface area (Å²) < 4.78 is 117. The van der Waals surface area contributed by atoms with E-state index in [0.717, 1.165) is 18.4 Å². The van der Waals surface area contributed by atoms with Crippen LogP contribution in [-0.2, 0) is 40.8 Å². The lowest BCUT2D eigenvalue weighted by atomic mass is 9.93. The number of sulfonamides is 1. The third-order valence-corrected chi connectivity index (χ3v) is 10.6. The van der Waals surface area contributed by atoms with Crippen LogP contribution in [0.5, 0.6) is 0 Å². The number of nitrogens with one attached hydrogen (secondary N) is 2. The number of aryl methyl sites for hydroxylation is 1. The number of rotatable bonds is 11. The number of halogens is 7. The zero-order valence-corrected chi connectivity index (χ0v) is 31.7. The first-order valence-corrected chi connectivity index (χ1v) is 19.5. The first-order valence-electron chi connectivity index (χ1n) is 17.2. The van der Waals surface area contributed by atoms with Gasteiger partial charge in [0.05, 0.1) is 40.5 Å². The molecule has 4 N–H and O–H groups in total. The molecular formula is C37H32ClF6N7O5S. The Morgan fingerprint density at radius 3 is 2.44 bits per heavy atom. The molecule has 2 aliphatic rings.